The first-order valence-electron chi connectivity index (χ1n) is 10.4. The smallest absolute Gasteiger partial charge is 0.407 e. The number of urea groups is 1. The predicted octanol–water partition coefficient (Wildman–Crippen LogP) is 5.00. The van der Waals surface area contributed by atoms with Crippen molar-refractivity contribution in [3.63, 3.8) is 0 Å². The van der Waals surface area contributed by atoms with Crippen molar-refractivity contribution in [2.75, 3.05) is 17.7 Å². The van der Waals surface area contributed by atoms with Crippen LogP contribution in [-0.4, -0.2) is 25.3 Å². The van der Waals surface area contributed by atoms with E-state index in [2.05, 4.69) is 16.0 Å². The lowest BCUT2D eigenvalue weighted by molar-refractivity contribution is 0.0950. The number of hydrogen-bond donors (Lipinski definition) is 3. The summed E-state index contributed by atoms with van der Waals surface area (Å²) in [4.78, 5) is 24.6. The second kappa shape index (κ2) is 12.0. The lowest BCUT2D eigenvalue weighted by Gasteiger charge is -2.20. The Hall–Kier alpha value is -4.24. The molecule has 0 aliphatic carbocycles. The minimum atomic E-state index is -0.602. The Morgan fingerprint density at radius 3 is 2.36 bits per heavy atom. The highest BCUT2D eigenvalue weighted by atomic mass is 16.6. The zero-order chi connectivity index (χ0) is 24.4. The third kappa shape index (κ3) is 7.15. The first-order valence-corrected chi connectivity index (χ1v) is 10.4. The molecule has 2 aromatic rings. The number of alkyl carbamates (subject to hydrolysis) is 1. The number of nitrogens with one attached hydrogen (secondary N) is 3. The molecule has 9 nitrogen and oxygen atoms in total. The zero-order valence-electron chi connectivity index (χ0n) is 19.1. The number of ether oxygens (including phenoxy) is 2. The summed E-state index contributed by atoms with van der Waals surface area (Å²) in [7, 11) is 1.45. The molecule has 2 aromatic carbocycles. The van der Waals surface area contributed by atoms with Crippen LogP contribution in [0.15, 0.2) is 36.4 Å². The quantitative estimate of drug-likeness (QED) is 0.519. The molecule has 2 rings (SSSR count). The van der Waals surface area contributed by atoms with Crippen LogP contribution in [0.5, 0.6) is 5.75 Å². The summed E-state index contributed by atoms with van der Waals surface area (Å²) in [5.74, 6) is 0.361. The van der Waals surface area contributed by atoms with Crippen LogP contribution >= 0.6 is 0 Å². The van der Waals surface area contributed by atoms with Crippen LogP contribution in [0.2, 0.25) is 0 Å². The molecule has 0 aliphatic heterocycles. The minimum absolute atomic E-state index is 0.136. The van der Waals surface area contributed by atoms with E-state index in [0.29, 0.717) is 29.1 Å². The van der Waals surface area contributed by atoms with Gasteiger partial charge < -0.3 is 25.4 Å². The van der Waals surface area contributed by atoms with Crippen molar-refractivity contribution in [3.8, 4) is 17.9 Å². The third-order valence-corrected chi connectivity index (χ3v) is 4.97. The van der Waals surface area contributed by atoms with Crippen LogP contribution < -0.4 is 20.7 Å². The van der Waals surface area contributed by atoms with Crippen molar-refractivity contribution in [2.45, 2.75) is 45.8 Å². The maximum atomic E-state index is 12.5. The van der Waals surface area contributed by atoms with E-state index in [1.54, 1.807) is 30.3 Å². The summed E-state index contributed by atoms with van der Waals surface area (Å²) in [6.07, 6.45) is -0.374. The maximum absolute atomic E-state index is 12.5. The summed E-state index contributed by atoms with van der Waals surface area (Å²) < 4.78 is 10.4. The topological polar surface area (TPSA) is 136 Å². The molecule has 33 heavy (non-hydrogen) atoms. The van der Waals surface area contributed by atoms with E-state index < -0.39 is 18.2 Å². The van der Waals surface area contributed by atoms with E-state index in [-0.39, 0.29) is 12.5 Å². The molecular formula is C24H27N5O4. The van der Waals surface area contributed by atoms with Crippen molar-refractivity contribution in [3.05, 3.63) is 53.1 Å². The Kier molecular flexibility index (Phi) is 9.07. The standard InChI is InChI=1S/C24H27N5O4/c1-5-20(10-11-25)33-24(31)27-16(3)21-12-18(8-6-15(21)2)28-23(30)29-19-9-7-17(14-26)22(13-19)32-4/h6-9,12-13,16,20H,5,10H2,1-4H3,(H,27,31)(H2,28,29,30)/t16-,20+/m0/s1. The number of carbonyl (C=O) groups is 2. The highest BCUT2D eigenvalue weighted by Gasteiger charge is 2.17. The summed E-state index contributed by atoms with van der Waals surface area (Å²) in [6.45, 7) is 5.55. The van der Waals surface area contributed by atoms with Gasteiger partial charge in [-0.25, -0.2) is 9.59 Å². The fourth-order valence-corrected chi connectivity index (χ4v) is 3.15. The first kappa shape index (κ1) is 25.0. The summed E-state index contributed by atoms with van der Waals surface area (Å²) in [6, 6.07) is 13.2. The number of rotatable bonds is 8. The van der Waals surface area contributed by atoms with Gasteiger partial charge in [0.1, 0.15) is 17.9 Å². The largest absolute Gasteiger partial charge is 0.495 e. The van der Waals surface area contributed by atoms with Gasteiger partial charge >= 0.3 is 12.1 Å². The number of anilines is 2. The van der Waals surface area contributed by atoms with Gasteiger partial charge in [0.2, 0.25) is 0 Å². The Balaban J connectivity index is 2.05. The molecule has 0 aromatic heterocycles. The SMILES string of the molecule is CC[C@H](CC#N)OC(=O)N[C@@H](C)c1cc(NC(=O)Nc2ccc(C#N)c(OC)c2)ccc1C. The fraction of sp³-hybridized carbons (Fsp3) is 0.333. The number of aryl methyl sites for hydroxylation is 1. The van der Waals surface area contributed by atoms with Crippen LogP contribution in [0.3, 0.4) is 0 Å². The van der Waals surface area contributed by atoms with E-state index >= 15 is 0 Å². The number of amides is 3. The molecule has 0 aliphatic rings. The summed E-state index contributed by atoms with van der Waals surface area (Å²) in [5, 5.41) is 26.1. The lowest BCUT2D eigenvalue weighted by atomic mass is 10.0. The van der Waals surface area contributed by atoms with Crippen molar-refractivity contribution in [1.29, 1.82) is 10.5 Å². The Bertz CT molecular complexity index is 1090. The molecule has 0 bridgehead atoms. The van der Waals surface area contributed by atoms with Gasteiger partial charge in [0.05, 0.1) is 31.2 Å². The number of methoxy groups -OCH3 is 1. The Morgan fingerprint density at radius 1 is 1.09 bits per heavy atom. The van der Waals surface area contributed by atoms with Crippen LogP contribution in [-0.2, 0) is 4.74 Å². The second-order valence-corrected chi connectivity index (χ2v) is 7.34. The second-order valence-electron chi connectivity index (χ2n) is 7.34. The average Bonchev–Trinajstić information content (AvgIpc) is 2.79. The monoisotopic (exact) mass is 449 g/mol. The van der Waals surface area contributed by atoms with E-state index in [9.17, 15) is 9.59 Å². The Labute approximate surface area is 193 Å². The van der Waals surface area contributed by atoms with E-state index in [0.717, 1.165) is 11.1 Å². The van der Waals surface area contributed by atoms with Crippen LogP contribution in [0.25, 0.3) is 0 Å². The molecule has 3 amide bonds. The van der Waals surface area contributed by atoms with Crippen molar-refractivity contribution >= 4 is 23.5 Å². The van der Waals surface area contributed by atoms with Crippen molar-refractivity contribution in [2.24, 2.45) is 0 Å². The van der Waals surface area contributed by atoms with Gasteiger partial charge in [-0.3, -0.25) is 0 Å². The molecule has 0 fully saturated rings. The maximum Gasteiger partial charge on any atom is 0.407 e. The highest BCUT2D eigenvalue weighted by Crippen LogP contribution is 2.24. The molecule has 9 heteroatoms. The van der Waals surface area contributed by atoms with Crippen molar-refractivity contribution < 1.29 is 19.1 Å². The van der Waals surface area contributed by atoms with Crippen LogP contribution in [0.1, 0.15) is 49.4 Å². The molecule has 0 unspecified atom stereocenters. The third-order valence-electron chi connectivity index (χ3n) is 4.97. The van der Waals surface area contributed by atoms with Gasteiger partial charge in [-0.2, -0.15) is 10.5 Å². The fourth-order valence-electron chi connectivity index (χ4n) is 3.15. The molecule has 0 radical (unpaired) electrons. The molecular weight excluding hydrogens is 422 g/mol. The molecule has 0 spiro atoms. The number of nitrogens with zero attached hydrogens (tertiary/aromatic N) is 2. The Morgan fingerprint density at radius 2 is 1.76 bits per heavy atom. The number of hydrogen-bond acceptors (Lipinski definition) is 6. The number of benzene rings is 2. The van der Waals surface area contributed by atoms with Gasteiger partial charge in [0.15, 0.2) is 0 Å². The van der Waals surface area contributed by atoms with Crippen LogP contribution in [0.4, 0.5) is 21.0 Å². The zero-order valence-corrected chi connectivity index (χ0v) is 19.1. The van der Waals surface area contributed by atoms with Crippen molar-refractivity contribution in [1.82, 2.24) is 5.32 Å². The number of carbonyl (C=O) groups excluding carboxylic acids is 2. The molecule has 0 saturated carbocycles. The predicted molar refractivity (Wildman–Crippen MR) is 124 cm³/mol. The summed E-state index contributed by atoms with van der Waals surface area (Å²) >= 11 is 0. The summed E-state index contributed by atoms with van der Waals surface area (Å²) in [5.41, 5.74) is 3.10. The molecule has 0 heterocycles. The number of nitriles is 2. The molecule has 0 saturated heterocycles. The van der Waals surface area contributed by atoms with Gasteiger partial charge in [-0.05, 0) is 55.7 Å². The molecule has 3 N–H and O–H groups in total. The minimum Gasteiger partial charge on any atom is -0.495 e. The van der Waals surface area contributed by atoms with E-state index in [4.69, 9.17) is 20.0 Å². The van der Waals surface area contributed by atoms with Gasteiger partial charge in [-0.15, -0.1) is 0 Å². The van der Waals surface area contributed by atoms with E-state index in [1.165, 1.54) is 7.11 Å². The molecule has 172 valence electrons. The first-order chi connectivity index (χ1) is 15.8. The van der Waals surface area contributed by atoms with Gasteiger partial charge in [0, 0.05) is 17.4 Å². The average molecular weight is 450 g/mol. The van der Waals surface area contributed by atoms with Gasteiger partial charge in [-0.1, -0.05) is 13.0 Å². The normalized spacial score (nSPS) is 11.8. The highest BCUT2D eigenvalue weighted by molar-refractivity contribution is 6.00. The molecule has 2 atom stereocenters. The van der Waals surface area contributed by atoms with E-state index in [1.807, 2.05) is 39.0 Å². The lowest BCUT2D eigenvalue weighted by Crippen LogP contribution is -2.31. The van der Waals surface area contributed by atoms with Crippen LogP contribution in [0, 0.1) is 29.6 Å². The van der Waals surface area contributed by atoms with Gasteiger partial charge in [0.25, 0.3) is 0 Å².